The maximum absolute atomic E-state index is 13.0. The predicted molar refractivity (Wildman–Crippen MR) is 70.9 cm³/mol. The fourth-order valence-electron chi connectivity index (χ4n) is 1.74. The molecule has 0 atom stereocenters. The van der Waals surface area contributed by atoms with Gasteiger partial charge in [-0.3, -0.25) is 4.68 Å². The lowest BCUT2D eigenvalue weighted by molar-refractivity contribution is 0.0679. The van der Waals surface area contributed by atoms with Crippen molar-refractivity contribution >= 4 is 11.9 Å². The molecule has 0 fully saturated rings. The Bertz CT molecular complexity index is 694. The normalized spacial score (nSPS) is 10.7. The van der Waals surface area contributed by atoms with Crippen molar-refractivity contribution in [3.63, 3.8) is 0 Å². The number of carbonyl (C=O) groups is 2. The highest BCUT2D eigenvalue weighted by atomic mass is 19.1. The maximum Gasteiger partial charge on any atom is 0.364 e. The molecular weight excluding hydrogens is 279 g/mol. The first-order valence-electron chi connectivity index (χ1n) is 6.19. The average molecular weight is 292 g/mol. The second-order valence-corrected chi connectivity index (χ2v) is 4.61. The fraction of sp³-hybridized carbons (Fsp3) is 0.214. The van der Waals surface area contributed by atoms with Gasteiger partial charge in [-0.15, -0.1) is 0 Å². The smallest absolute Gasteiger partial charge is 0.364 e. The molecule has 2 rings (SSSR count). The molecule has 0 saturated heterocycles. The molecule has 0 aliphatic heterocycles. The minimum Gasteiger partial charge on any atom is -0.477 e. The molecule has 1 aromatic carbocycles. The Balaban J connectivity index is 2.27. The van der Waals surface area contributed by atoms with E-state index in [-0.39, 0.29) is 23.2 Å². The van der Waals surface area contributed by atoms with Gasteiger partial charge in [0.2, 0.25) is 0 Å². The molecule has 1 aromatic heterocycles. The van der Waals surface area contributed by atoms with Crippen molar-refractivity contribution in [2.24, 2.45) is 0 Å². The van der Waals surface area contributed by atoms with Crippen LogP contribution in [0.15, 0.2) is 30.3 Å². The van der Waals surface area contributed by atoms with E-state index >= 15 is 0 Å². The van der Waals surface area contributed by atoms with Crippen molar-refractivity contribution in [1.82, 2.24) is 9.78 Å². The van der Waals surface area contributed by atoms with Crippen LogP contribution in [0, 0.1) is 5.82 Å². The second-order valence-electron chi connectivity index (χ2n) is 4.61. The topological polar surface area (TPSA) is 81.4 Å². The molecule has 6 nitrogen and oxygen atoms in total. The molecule has 0 aliphatic rings. The zero-order valence-electron chi connectivity index (χ0n) is 11.4. The van der Waals surface area contributed by atoms with Crippen LogP contribution < -0.4 is 4.74 Å². The molecule has 21 heavy (non-hydrogen) atoms. The van der Waals surface area contributed by atoms with Gasteiger partial charge in [0.1, 0.15) is 17.3 Å². The summed E-state index contributed by atoms with van der Waals surface area (Å²) in [5, 5.41) is 13.0. The third-order valence-electron chi connectivity index (χ3n) is 2.66. The van der Waals surface area contributed by atoms with Crippen LogP contribution in [-0.2, 0) is 0 Å². The number of aromatic nitrogens is 2. The lowest BCUT2D eigenvalue weighted by atomic mass is 10.3. The second kappa shape index (κ2) is 5.74. The first-order chi connectivity index (χ1) is 9.88. The van der Waals surface area contributed by atoms with Crippen LogP contribution in [0.1, 0.15) is 40.9 Å². The van der Waals surface area contributed by atoms with E-state index in [2.05, 4.69) is 5.10 Å². The molecule has 0 unspecified atom stereocenters. The van der Waals surface area contributed by atoms with Crippen LogP contribution in [0.4, 0.5) is 4.39 Å². The van der Waals surface area contributed by atoms with Crippen LogP contribution >= 0.6 is 0 Å². The molecule has 0 saturated carbocycles. The van der Waals surface area contributed by atoms with E-state index in [0.29, 0.717) is 0 Å². The predicted octanol–water partition coefficient (Wildman–Crippen LogP) is 2.52. The number of carbonyl (C=O) groups excluding carboxylic acids is 1. The van der Waals surface area contributed by atoms with Gasteiger partial charge in [0.25, 0.3) is 0 Å². The summed E-state index contributed by atoms with van der Waals surface area (Å²) in [5.74, 6) is -2.56. The largest absolute Gasteiger partial charge is 0.477 e. The Morgan fingerprint density at radius 3 is 2.57 bits per heavy atom. The zero-order valence-corrected chi connectivity index (χ0v) is 11.4. The van der Waals surface area contributed by atoms with Gasteiger partial charge in [0.05, 0.1) is 0 Å². The van der Waals surface area contributed by atoms with E-state index in [0.717, 1.165) is 12.1 Å². The summed E-state index contributed by atoms with van der Waals surface area (Å²) < 4.78 is 19.2. The number of benzene rings is 1. The van der Waals surface area contributed by atoms with Gasteiger partial charge in [0, 0.05) is 18.2 Å². The first kappa shape index (κ1) is 14.7. The van der Waals surface area contributed by atoms with Gasteiger partial charge in [-0.1, -0.05) is 6.07 Å². The SMILES string of the molecule is CC(C)n1nc(C(=O)Oc2cccc(F)c2)cc1C(=O)O. The number of carboxylic acid groups (broad SMARTS) is 1. The average Bonchev–Trinajstić information content (AvgIpc) is 2.84. The van der Waals surface area contributed by atoms with Gasteiger partial charge < -0.3 is 9.84 Å². The molecule has 0 amide bonds. The van der Waals surface area contributed by atoms with Crippen LogP contribution in [0.3, 0.4) is 0 Å². The van der Waals surface area contributed by atoms with E-state index in [1.54, 1.807) is 13.8 Å². The van der Waals surface area contributed by atoms with Gasteiger partial charge in [0.15, 0.2) is 5.69 Å². The summed E-state index contributed by atoms with van der Waals surface area (Å²) in [7, 11) is 0. The number of carboxylic acids is 1. The Morgan fingerprint density at radius 1 is 1.33 bits per heavy atom. The number of hydrogen-bond acceptors (Lipinski definition) is 4. The molecule has 1 N–H and O–H groups in total. The summed E-state index contributed by atoms with van der Waals surface area (Å²) in [6, 6.07) is 5.98. The minimum absolute atomic E-state index is 0.0240. The number of ether oxygens (including phenoxy) is 1. The van der Waals surface area contributed by atoms with E-state index < -0.39 is 17.8 Å². The van der Waals surface area contributed by atoms with Crippen LogP contribution in [-0.4, -0.2) is 26.8 Å². The first-order valence-corrected chi connectivity index (χ1v) is 6.19. The lowest BCUT2D eigenvalue weighted by Gasteiger charge is -2.07. The summed E-state index contributed by atoms with van der Waals surface area (Å²) >= 11 is 0. The molecule has 1 heterocycles. The Labute approximate surface area is 119 Å². The standard InChI is InChI=1S/C14H13FN2O4/c1-8(2)17-12(13(18)19)7-11(16-17)14(20)21-10-5-3-4-9(15)6-10/h3-8H,1-2H3,(H,18,19). The Morgan fingerprint density at radius 2 is 2.05 bits per heavy atom. The highest BCUT2D eigenvalue weighted by Gasteiger charge is 2.21. The molecule has 0 spiro atoms. The van der Waals surface area contributed by atoms with E-state index in [4.69, 9.17) is 9.84 Å². The molecule has 0 bridgehead atoms. The third kappa shape index (κ3) is 3.25. The van der Waals surface area contributed by atoms with Gasteiger partial charge in [-0.25, -0.2) is 14.0 Å². The summed E-state index contributed by atoms with van der Waals surface area (Å²) in [6.45, 7) is 3.47. The highest BCUT2D eigenvalue weighted by Crippen LogP contribution is 2.16. The van der Waals surface area contributed by atoms with Crippen LogP contribution in [0.25, 0.3) is 0 Å². The van der Waals surface area contributed by atoms with Crippen molar-refractivity contribution in [3.05, 3.63) is 47.5 Å². The number of rotatable bonds is 4. The number of hydrogen-bond donors (Lipinski definition) is 1. The van der Waals surface area contributed by atoms with Crippen molar-refractivity contribution in [2.75, 3.05) is 0 Å². The number of aromatic carboxylic acids is 1. The maximum atomic E-state index is 13.0. The molecule has 7 heteroatoms. The molecular formula is C14H13FN2O4. The van der Waals surface area contributed by atoms with Gasteiger partial charge >= 0.3 is 11.9 Å². The van der Waals surface area contributed by atoms with E-state index in [1.807, 2.05) is 0 Å². The number of halogens is 1. The van der Waals surface area contributed by atoms with Gasteiger partial charge in [-0.2, -0.15) is 5.10 Å². The molecule has 0 radical (unpaired) electrons. The van der Waals surface area contributed by atoms with Crippen molar-refractivity contribution in [2.45, 2.75) is 19.9 Å². The lowest BCUT2D eigenvalue weighted by Crippen LogP contribution is -2.13. The van der Waals surface area contributed by atoms with Crippen molar-refractivity contribution < 1.29 is 23.8 Å². The Kier molecular flexibility index (Phi) is 4.02. The monoisotopic (exact) mass is 292 g/mol. The summed E-state index contributed by atoms with van der Waals surface area (Å²) in [5.41, 5.74) is -0.262. The molecule has 2 aromatic rings. The molecule has 0 aliphatic carbocycles. The molecule has 110 valence electrons. The van der Waals surface area contributed by atoms with E-state index in [9.17, 15) is 14.0 Å². The van der Waals surface area contributed by atoms with Crippen molar-refractivity contribution in [1.29, 1.82) is 0 Å². The minimum atomic E-state index is -1.19. The third-order valence-corrected chi connectivity index (χ3v) is 2.66. The zero-order chi connectivity index (χ0) is 15.6. The Hall–Kier alpha value is -2.70. The number of nitrogens with zero attached hydrogens (tertiary/aromatic N) is 2. The van der Waals surface area contributed by atoms with Crippen LogP contribution in [0.2, 0.25) is 0 Å². The van der Waals surface area contributed by atoms with Crippen LogP contribution in [0.5, 0.6) is 5.75 Å². The van der Waals surface area contributed by atoms with E-state index in [1.165, 1.54) is 22.9 Å². The van der Waals surface area contributed by atoms with Crippen molar-refractivity contribution in [3.8, 4) is 5.75 Å². The quantitative estimate of drug-likeness (QED) is 0.691. The highest BCUT2D eigenvalue weighted by molar-refractivity contribution is 5.93. The fourth-order valence-corrected chi connectivity index (χ4v) is 1.74. The van der Waals surface area contributed by atoms with Gasteiger partial charge in [-0.05, 0) is 26.0 Å². The summed E-state index contributed by atoms with van der Waals surface area (Å²) in [4.78, 5) is 23.0. The summed E-state index contributed by atoms with van der Waals surface area (Å²) in [6.07, 6.45) is 0. The number of esters is 1.